The van der Waals surface area contributed by atoms with Crippen molar-refractivity contribution in [2.45, 2.75) is 39.2 Å². The molecule has 0 amide bonds. The molecule has 0 aliphatic carbocycles. The van der Waals surface area contributed by atoms with Gasteiger partial charge in [0, 0.05) is 17.5 Å². The minimum Gasteiger partial charge on any atom is -0.493 e. The third-order valence-corrected chi connectivity index (χ3v) is 3.65. The molecule has 0 spiro atoms. The summed E-state index contributed by atoms with van der Waals surface area (Å²) in [5, 5.41) is 0.808. The van der Waals surface area contributed by atoms with Crippen LogP contribution in [0.25, 0.3) is 0 Å². The lowest BCUT2D eigenvalue weighted by molar-refractivity contribution is 0.352. The Hall–Kier alpha value is -0.730. The molecule has 1 unspecified atom stereocenters. The molecule has 1 aromatic carbocycles. The van der Waals surface area contributed by atoms with Crippen LogP contribution in [0.5, 0.6) is 5.75 Å². The van der Waals surface area contributed by atoms with Crippen molar-refractivity contribution in [3.05, 3.63) is 28.3 Å². The predicted octanol–water partition coefficient (Wildman–Crippen LogP) is 3.19. The van der Waals surface area contributed by atoms with E-state index < -0.39 is 0 Å². The molecule has 17 heavy (non-hydrogen) atoms. The third kappa shape index (κ3) is 2.93. The van der Waals surface area contributed by atoms with Gasteiger partial charge in [0.25, 0.3) is 0 Å². The number of nitrogens with two attached hydrogens (primary N) is 1. The van der Waals surface area contributed by atoms with Gasteiger partial charge in [-0.25, -0.2) is 0 Å². The van der Waals surface area contributed by atoms with Crippen molar-refractivity contribution in [2.24, 2.45) is 11.7 Å². The van der Waals surface area contributed by atoms with E-state index in [1.807, 2.05) is 12.1 Å². The Morgan fingerprint density at radius 1 is 1.41 bits per heavy atom. The highest BCUT2D eigenvalue weighted by Crippen LogP contribution is 2.33. The van der Waals surface area contributed by atoms with Crippen LogP contribution in [0.3, 0.4) is 0 Å². The molecule has 0 radical (unpaired) electrons. The van der Waals surface area contributed by atoms with Gasteiger partial charge in [0.2, 0.25) is 0 Å². The van der Waals surface area contributed by atoms with E-state index >= 15 is 0 Å². The monoisotopic (exact) mass is 253 g/mol. The van der Waals surface area contributed by atoms with Crippen LogP contribution in [-0.4, -0.2) is 12.6 Å². The number of hydrogen-bond donors (Lipinski definition) is 1. The standard InChI is InChI=1S/C14H20ClNO/c1-9(2)13(16)4-3-10-7-12(15)8-11-5-6-17-14(10)11/h7-9,13H,3-6,16H2,1-2H3. The summed E-state index contributed by atoms with van der Waals surface area (Å²) in [6, 6.07) is 4.26. The molecule has 0 bridgehead atoms. The van der Waals surface area contributed by atoms with Crippen LogP contribution in [0.15, 0.2) is 12.1 Å². The molecule has 3 heteroatoms. The third-order valence-electron chi connectivity index (χ3n) is 3.43. The van der Waals surface area contributed by atoms with Gasteiger partial charge in [-0.3, -0.25) is 0 Å². The summed E-state index contributed by atoms with van der Waals surface area (Å²) >= 11 is 6.12. The first kappa shape index (κ1) is 12.7. The Morgan fingerprint density at radius 3 is 2.88 bits per heavy atom. The molecule has 1 atom stereocenters. The van der Waals surface area contributed by atoms with Crippen LogP contribution < -0.4 is 10.5 Å². The maximum absolute atomic E-state index is 6.12. The van der Waals surface area contributed by atoms with Gasteiger partial charge in [-0.15, -0.1) is 0 Å². The molecular formula is C14H20ClNO. The Kier molecular flexibility index (Phi) is 3.95. The maximum Gasteiger partial charge on any atom is 0.125 e. The van der Waals surface area contributed by atoms with E-state index in [4.69, 9.17) is 22.1 Å². The zero-order valence-electron chi connectivity index (χ0n) is 10.5. The van der Waals surface area contributed by atoms with Crippen LogP contribution >= 0.6 is 11.6 Å². The number of hydrogen-bond acceptors (Lipinski definition) is 2. The van der Waals surface area contributed by atoms with E-state index in [1.54, 1.807) is 0 Å². The lowest BCUT2D eigenvalue weighted by Crippen LogP contribution is -2.26. The normalized spacial score (nSPS) is 15.8. The smallest absolute Gasteiger partial charge is 0.125 e. The van der Waals surface area contributed by atoms with Crippen molar-refractivity contribution >= 4 is 11.6 Å². The first-order valence-electron chi connectivity index (χ1n) is 6.27. The SMILES string of the molecule is CC(C)C(N)CCc1cc(Cl)cc2c1OCC2. The molecule has 94 valence electrons. The Morgan fingerprint density at radius 2 is 2.18 bits per heavy atom. The molecule has 2 nitrogen and oxygen atoms in total. The second-order valence-corrected chi connectivity index (χ2v) is 5.53. The molecular weight excluding hydrogens is 234 g/mol. The number of aryl methyl sites for hydroxylation is 1. The molecule has 0 aromatic heterocycles. The number of fused-ring (bicyclic) bond motifs is 1. The average Bonchev–Trinajstić information content (AvgIpc) is 2.72. The first-order chi connectivity index (χ1) is 8.08. The van der Waals surface area contributed by atoms with Gasteiger partial charge < -0.3 is 10.5 Å². The number of ether oxygens (including phenoxy) is 1. The van der Waals surface area contributed by atoms with Gasteiger partial charge >= 0.3 is 0 Å². The summed E-state index contributed by atoms with van der Waals surface area (Å²) in [4.78, 5) is 0. The van der Waals surface area contributed by atoms with Crippen molar-refractivity contribution in [3.8, 4) is 5.75 Å². The topological polar surface area (TPSA) is 35.2 Å². The van der Waals surface area contributed by atoms with Gasteiger partial charge in [-0.2, -0.15) is 0 Å². The molecule has 0 saturated heterocycles. The van der Waals surface area contributed by atoms with Gasteiger partial charge in [0.1, 0.15) is 5.75 Å². The van der Waals surface area contributed by atoms with Crippen molar-refractivity contribution in [1.82, 2.24) is 0 Å². The zero-order valence-corrected chi connectivity index (χ0v) is 11.3. The maximum atomic E-state index is 6.12. The highest BCUT2D eigenvalue weighted by atomic mass is 35.5. The Bertz CT molecular complexity index is 403. The minimum atomic E-state index is 0.242. The molecule has 1 heterocycles. The lowest BCUT2D eigenvalue weighted by atomic mass is 9.96. The van der Waals surface area contributed by atoms with E-state index in [9.17, 15) is 0 Å². The second-order valence-electron chi connectivity index (χ2n) is 5.10. The van der Waals surface area contributed by atoms with Gasteiger partial charge in [-0.1, -0.05) is 25.4 Å². The van der Waals surface area contributed by atoms with E-state index in [2.05, 4.69) is 13.8 Å². The largest absolute Gasteiger partial charge is 0.493 e. The van der Waals surface area contributed by atoms with Crippen molar-refractivity contribution < 1.29 is 4.74 Å². The van der Waals surface area contributed by atoms with Crippen molar-refractivity contribution in [3.63, 3.8) is 0 Å². The summed E-state index contributed by atoms with van der Waals surface area (Å²) in [6.45, 7) is 5.09. The van der Waals surface area contributed by atoms with Gasteiger partial charge in [0.15, 0.2) is 0 Å². The van der Waals surface area contributed by atoms with E-state index in [-0.39, 0.29) is 6.04 Å². The Labute approximate surface area is 108 Å². The average molecular weight is 254 g/mol. The van der Waals surface area contributed by atoms with E-state index in [0.717, 1.165) is 36.6 Å². The Balaban J connectivity index is 2.11. The molecule has 1 aliphatic rings. The van der Waals surface area contributed by atoms with Crippen molar-refractivity contribution in [2.75, 3.05) is 6.61 Å². The van der Waals surface area contributed by atoms with E-state index in [1.165, 1.54) is 11.1 Å². The molecule has 1 aliphatic heterocycles. The molecule has 1 aromatic rings. The minimum absolute atomic E-state index is 0.242. The van der Waals surface area contributed by atoms with Crippen LogP contribution in [0, 0.1) is 5.92 Å². The fourth-order valence-electron chi connectivity index (χ4n) is 2.19. The summed E-state index contributed by atoms with van der Waals surface area (Å²) in [5.41, 5.74) is 8.52. The summed E-state index contributed by atoms with van der Waals surface area (Å²) in [7, 11) is 0. The quantitative estimate of drug-likeness (QED) is 0.895. The number of halogens is 1. The van der Waals surface area contributed by atoms with Gasteiger partial charge in [0.05, 0.1) is 6.61 Å². The molecule has 2 rings (SSSR count). The van der Waals surface area contributed by atoms with Crippen molar-refractivity contribution in [1.29, 1.82) is 0 Å². The van der Waals surface area contributed by atoms with Crippen LogP contribution in [0.2, 0.25) is 5.02 Å². The zero-order chi connectivity index (χ0) is 12.4. The number of rotatable bonds is 4. The fraction of sp³-hybridized carbons (Fsp3) is 0.571. The van der Waals surface area contributed by atoms with Crippen LogP contribution in [0.1, 0.15) is 31.4 Å². The molecule has 2 N–H and O–H groups in total. The molecule has 0 fully saturated rings. The fourth-order valence-corrected chi connectivity index (χ4v) is 2.45. The molecule has 0 saturated carbocycles. The van der Waals surface area contributed by atoms with Gasteiger partial charge in [-0.05, 0) is 42.0 Å². The summed E-state index contributed by atoms with van der Waals surface area (Å²) < 4.78 is 5.68. The summed E-state index contributed by atoms with van der Waals surface area (Å²) in [6.07, 6.45) is 2.90. The van der Waals surface area contributed by atoms with Crippen LogP contribution in [-0.2, 0) is 12.8 Å². The second kappa shape index (κ2) is 5.28. The first-order valence-corrected chi connectivity index (χ1v) is 6.65. The van der Waals surface area contributed by atoms with E-state index in [0.29, 0.717) is 5.92 Å². The highest BCUT2D eigenvalue weighted by molar-refractivity contribution is 6.30. The number of benzene rings is 1. The highest BCUT2D eigenvalue weighted by Gasteiger charge is 2.18. The lowest BCUT2D eigenvalue weighted by Gasteiger charge is -2.16. The predicted molar refractivity (Wildman–Crippen MR) is 71.8 cm³/mol. The summed E-state index contributed by atoms with van der Waals surface area (Å²) in [5.74, 6) is 1.56. The van der Waals surface area contributed by atoms with Crippen LogP contribution in [0.4, 0.5) is 0 Å².